The first kappa shape index (κ1) is 7.59. The largest absolute Gasteiger partial charge is 0.392 e. The van der Waals surface area contributed by atoms with Crippen molar-refractivity contribution in [2.45, 2.75) is 0 Å². The number of aromatic nitrogens is 2. The third-order valence-corrected chi connectivity index (χ3v) is 1.36. The van der Waals surface area contributed by atoms with Crippen LogP contribution in [-0.4, -0.2) is 24.3 Å². The monoisotopic (exact) mass is 154 g/mol. The van der Waals surface area contributed by atoms with E-state index in [2.05, 4.69) is 10.2 Å². The normalized spacial score (nSPS) is 9.64. The van der Waals surface area contributed by atoms with Crippen LogP contribution in [0.5, 0.6) is 0 Å². The zero-order chi connectivity index (χ0) is 8.43. The Morgan fingerprint density at radius 1 is 1.64 bits per heavy atom. The third-order valence-electron chi connectivity index (χ3n) is 1.36. The van der Waals surface area contributed by atoms with Gasteiger partial charge in [0.25, 0.3) is 5.56 Å². The van der Waals surface area contributed by atoms with Crippen LogP contribution in [0, 0.1) is 0 Å². The summed E-state index contributed by atoms with van der Waals surface area (Å²) in [5.74, 6) is 0. The standard InChI is InChI=1S/C6H10N4O/c1-10(2)4-3-8-9-6(11)5(4)7/h3H,1-2H3,(H2,7,8)(H,9,11). The zero-order valence-electron chi connectivity index (χ0n) is 6.46. The van der Waals surface area contributed by atoms with Crippen molar-refractivity contribution in [3.63, 3.8) is 0 Å². The molecular weight excluding hydrogens is 144 g/mol. The number of aromatic amines is 1. The molecule has 0 aliphatic rings. The fraction of sp³-hybridized carbons (Fsp3) is 0.333. The maximum absolute atomic E-state index is 10.9. The second-order valence-corrected chi connectivity index (χ2v) is 2.39. The van der Waals surface area contributed by atoms with Crippen molar-refractivity contribution in [2.75, 3.05) is 24.7 Å². The Morgan fingerprint density at radius 2 is 2.27 bits per heavy atom. The van der Waals surface area contributed by atoms with E-state index >= 15 is 0 Å². The highest BCUT2D eigenvalue weighted by atomic mass is 16.1. The van der Waals surface area contributed by atoms with Gasteiger partial charge >= 0.3 is 0 Å². The maximum atomic E-state index is 10.9. The van der Waals surface area contributed by atoms with E-state index in [-0.39, 0.29) is 11.2 Å². The van der Waals surface area contributed by atoms with Gasteiger partial charge in [-0.3, -0.25) is 4.79 Å². The van der Waals surface area contributed by atoms with Gasteiger partial charge in [0.15, 0.2) is 0 Å². The number of nitrogens with one attached hydrogen (secondary N) is 1. The molecule has 3 N–H and O–H groups in total. The number of nitrogen functional groups attached to an aromatic ring is 1. The van der Waals surface area contributed by atoms with Gasteiger partial charge in [-0.05, 0) is 0 Å². The minimum atomic E-state index is -0.351. The van der Waals surface area contributed by atoms with Crippen LogP contribution in [0.3, 0.4) is 0 Å². The third kappa shape index (κ3) is 1.31. The first-order chi connectivity index (χ1) is 5.13. The summed E-state index contributed by atoms with van der Waals surface area (Å²) in [6.07, 6.45) is 1.51. The number of nitrogens with zero attached hydrogens (tertiary/aromatic N) is 2. The van der Waals surface area contributed by atoms with Crippen molar-refractivity contribution in [1.29, 1.82) is 0 Å². The topological polar surface area (TPSA) is 75.0 Å². The highest BCUT2D eigenvalue weighted by Gasteiger charge is 2.03. The predicted octanol–water partition coefficient (Wildman–Crippen LogP) is -0.582. The molecule has 0 atom stereocenters. The van der Waals surface area contributed by atoms with Crippen LogP contribution < -0.4 is 16.2 Å². The van der Waals surface area contributed by atoms with Crippen LogP contribution in [0.15, 0.2) is 11.0 Å². The summed E-state index contributed by atoms with van der Waals surface area (Å²) in [6.45, 7) is 0. The van der Waals surface area contributed by atoms with Crippen LogP contribution >= 0.6 is 0 Å². The van der Waals surface area contributed by atoms with Gasteiger partial charge in [0.2, 0.25) is 0 Å². The Morgan fingerprint density at radius 3 is 2.73 bits per heavy atom. The van der Waals surface area contributed by atoms with Gasteiger partial charge in [-0.25, -0.2) is 5.10 Å². The molecule has 60 valence electrons. The molecule has 0 aliphatic carbocycles. The highest BCUT2D eigenvalue weighted by Crippen LogP contribution is 2.12. The minimum absolute atomic E-state index is 0.199. The van der Waals surface area contributed by atoms with E-state index in [0.717, 1.165) is 0 Å². The molecule has 5 heteroatoms. The molecule has 0 radical (unpaired) electrons. The molecular formula is C6H10N4O. The number of hydrogen-bond donors (Lipinski definition) is 2. The molecule has 0 unspecified atom stereocenters. The molecule has 0 aliphatic heterocycles. The van der Waals surface area contributed by atoms with Crippen LogP contribution in [0.2, 0.25) is 0 Å². The first-order valence-corrected chi connectivity index (χ1v) is 3.13. The second-order valence-electron chi connectivity index (χ2n) is 2.39. The summed E-state index contributed by atoms with van der Waals surface area (Å²) in [5, 5.41) is 5.84. The molecule has 0 bridgehead atoms. The highest BCUT2D eigenvalue weighted by molar-refractivity contribution is 5.63. The quantitative estimate of drug-likeness (QED) is 0.567. The maximum Gasteiger partial charge on any atom is 0.289 e. The van der Waals surface area contributed by atoms with Crippen molar-refractivity contribution >= 4 is 11.4 Å². The van der Waals surface area contributed by atoms with Gasteiger partial charge in [-0.1, -0.05) is 0 Å². The SMILES string of the molecule is CN(C)c1cn[nH]c(=O)c1N. The van der Waals surface area contributed by atoms with Gasteiger partial charge in [0.1, 0.15) is 5.69 Å². The molecule has 5 nitrogen and oxygen atoms in total. The zero-order valence-corrected chi connectivity index (χ0v) is 6.46. The fourth-order valence-electron chi connectivity index (χ4n) is 0.755. The molecule has 0 fully saturated rings. The Bertz CT molecular complexity index is 304. The van der Waals surface area contributed by atoms with Crippen molar-refractivity contribution in [3.8, 4) is 0 Å². The number of hydrogen-bond acceptors (Lipinski definition) is 4. The van der Waals surface area contributed by atoms with Crippen LogP contribution in [0.25, 0.3) is 0 Å². The van der Waals surface area contributed by atoms with Crippen molar-refractivity contribution in [1.82, 2.24) is 10.2 Å². The van der Waals surface area contributed by atoms with E-state index in [1.165, 1.54) is 6.20 Å². The van der Waals surface area contributed by atoms with Gasteiger partial charge in [-0.2, -0.15) is 5.10 Å². The number of anilines is 2. The van der Waals surface area contributed by atoms with Crippen LogP contribution in [-0.2, 0) is 0 Å². The lowest BCUT2D eigenvalue weighted by atomic mass is 10.4. The summed E-state index contributed by atoms with van der Waals surface area (Å²) in [7, 11) is 3.60. The molecule has 0 spiro atoms. The van der Waals surface area contributed by atoms with Gasteiger partial charge in [-0.15, -0.1) is 0 Å². The Labute approximate surface area is 63.8 Å². The van der Waals surface area contributed by atoms with Gasteiger partial charge in [0, 0.05) is 14.1 Å². The Kier molecular flexibility index (Phi) is 1.80. The second kappa shape index (κ2) is 2.61. The van der Waals surface area contributed by atoms with Crippen LogP contribution in [0.4, 0.5) is 11.4 Å². The summed E-state index contributed by atoms with van der Waals surface area (Å²) < 4.78 is 0. The summed E-state index contributed by atoms with van der Waals surface area (Å²) >= 11 is 0. The van der Waals surface area contributed by atoms with E-state index in [1.807, 2.05) is 0 Å². The molecule has 0 saturated heterocycles. The number of H-pyrrole nitrogens is 1. The lowest BCUT2D eigenvalue weighted by Crippen LogP contribution is -2.20. The summed E-state index contributed by atoms with van der Waals surface area (Å²) in [6, 6.07) is 0. The van der Waals surface area contributed by atoms with Crippen molar-refractivity contribution < 1.29 is 0 Å². The Balaban J connectivity index is 3.28. The van der Waals surface area contributed by atoms with E-state index in [0.29, 0.717) is 5.69 Å². The summed E-state index contributed by atoms with van der Waals surface area (Å²) in [4.78, 5) is 12.6. The van der Waals surface area contributed by atoms with E-state index in [9.17, 15) is 4.79 Å². The lowest BCUT2D eigenvalue weighted by Gasteiger charge is -2.12. The average molecular weight is 154 g/mol. The Hall–Kier alpha value is -1.52. The van der Waals surface area contributed by atoms with Crippen molar-refractivity contribution in [3.05, 3.63) is 16.6 Å². The van der Waals surface area contributed by atoms with E-state index in [1.54, 1.807) is 19.0 Å². The number of nitrogens with two attached hydrogens (primary N) is 1. The van der Waals surface area contributed by atoms with Gasteiger partial charge in [0.05, 0.1) is 11.9 Å². The smallest absolute Gasteiger partial charge is 0.289 e. The summed E-state index contributed by atoms with van der Waals surface area (Å²) in [5.41, 5.74) is 5.94. The van der Waals surface area contributed by atoms with Crippen LogP contribution in [0.1, 0.15) is 0 Å². The molecule has 1 heterocycles. The fourth-order valence-corrected chi connectivity index (χ4v) is 0.755. The number of rotatable bonds is 1. The molecule has 1 aromatic heterocycles. The van der Waals surface area contributed by atoms with E-state index in [4.69, 9.17) is 5.73 Å². The molecule has 1 aromatic rings. The molecule has 11 heavy (non-hydrogen) atoms. The predicted molar refractivity (Wildman–Crippen MR) is 43.6 cm³/mol. The lowest BCUT2D eigenvalue weighted by molar-refractivity contribution is 0.973. The molecule has 0 aromatic carbocycles. The van der Waals surface area contributed by atoms with E-state index < -0.39 is 0 Å². The minimum Gasteiger partial charge on any atom is -0.392 e. The average Bonchev–Trinajstić information content (AvgIpc) is 1.94. The van der Waals surface area contributed by atoms with Crippen molar-refractivity contribution in [2.24, 2.45) is 0 Å². The molecule has 1 rings (SSSR count). The molecule has 0 saturated carbocycles. The first-order valence-electron chi connectivity index (χ1n) is 3.13. The van der Waals surface area contributed by atoms with Gasteiger partial charge < -0.3 is 10.6 Å². The molecule has 0 amide bonds.